The highest BCUT2D eigenvalue weighted by atomic mass is 35.5. The minimum Gasteiger partial charge on any atom is -0.328 e. The van der Waals surface area contributed by atoms with E-state index in [0.29, 0.717) is 0 Å². The van der Waals surface area contributed by atoms with Gasteiger partial charge in [-0.3, -0.25) is 0 Å². The van der Waals surface area contributed by atoms with Crippen molar-refractivity contribution in [1.29, 1.82) is 0 Å². The second-order valence-corrected chi connectivity index (χ2v) is 4.07. The molecule has 80 valence electrons. The van der Waals surface area contributed by atoms with E-state index in [9.17, 15) is 0 Å². The van der Waals surface area contributed by atoms with Crippen molar-refractivity contribution in [2.45, 2.75) is 26.3 Å². The predicted octanol–water partition coefficient (Wildman–Crippen LogP) is 3.36. The molecule has 0 atom stereocenters. The molecule has 0 spiro atoms. The summed E-state index contributed by atoms with van der Waals surface area (Å²) in [5, 5.41) is 0. The van der Waals surface area contributed by atoms with Gasteiger partial charge in [0.05, 0.1) is 11.0 Å². The first-order chi connectivity index (χ1) is 7.33. The highest BCUT2D eigenvalue weighted by molar-refractivity contribution is 6.17. The number of fused-ring (bicyclic) bond motifs is 1. The number of aromatic nitrogens is 2. The molecule has 0 unspecified atom stereocenters. The fourth-order valence-electron chi connectivity index (χ4n) is 1.84. The molecule has 0 saturated carbocycles. The molecule has 0 radical (unpaired) electrons. The van der Waals surface area contributed by atoms with Crippen LogP contribution in [0.5, 0.6) is 0 Å². The van der Waals surface area contributed by atoms with Gasteiger partial charge in [0, 0.05) is 12.4 Å². The fourth-order valence-corrected chi connectivity index (χ4v) is 2.03. The summed E-state index contributed by atoms with van der Waals surface area (Å²) < 4.78 is 2.27. The molecule has 0 fully saturated rings. The van der Waals surface area contributed by atoms with Gasteiger partial charge >= 0.3 is 0 Å². The van der Waals surface area contributed by atoms with Crippen LogP contribution in [0.4, 0.5) is 0 Å². The summed E-state index contributed by atoms with van der Waals surface area (Å²) in [5.74, 6) is 1.83. The number of alkyl halides is 1. The van der Waals surface area contributed by atoms with E-state index < -0.39 is 0 Å². The summed E-state index contributed by atoms with van der Waals surface area (Å²) in [5.41, 5.74) is 2.31. The van der Waals surface area contributed by atoms with Crippen LogP contribution in [0.25, 0.3) is 11.0 Å². The van der Waals surface area contributed by atoms with E-state index in [4.69, 9.17) is 11.6 Å². The molecular weight excluding hydrogens is 208 g/mol. The van der Waals surface area contributed by atoms with E-state index in [1.54, 1.807) is 0 Å². The van der Waals surface area contributed by atoms with Crippen molar-refractivity contribution in [3.8, 4) is 0 Å². The molecule has 3 heteroatoms. The molecule has 0 aliphatic carbocycles. The van der Waals surface area contributed by atoms with Crippen molar-refractivity contribution in [3.05, 3.63) is 30.1 Å². The maximum atomic E-state index is 5.67. The van der Waals surface area contributed by atoms with Crippen LogP contribution in [0, 0.1) is 6.92 Å². The Bertz CT molecular complexity index is 448. The first kappa shape index (κ1) is 10.5. The van der Waals surface area contributed by atoms with Gasteiger partial charge in [-0.05, 0) is 31.9 Å². The molecule has 2 nitrogen and oxygen atoms in total. The molecule has 0 bridgehead atoms. The quantitative estimate of drug-likeness (QED) is 0.573. The zero-order chi connectivity index (χ0) is 10.7. The van der Waals surface area contributed by atoms with Crippen LogP contribution >= 0.6 is 11.6 Å². The Morgan fingerprint density at radius 3 is 2.87 bits per heavy atom. The lowest BCUT2D eigenvalue weighted by atomic mass is 10.3. The highest BCUT2D eigenvalue weighted by Crippen LogP contribution is 2.16. The third kappa shape index (κ3) is 2.15. The Labute approximate surface area is 94.9 Å². The van der Waals surface area contributed by atoms with Gasteiger partial charge in [-0.25, -0.2) is 4.98 Å². The van der Waals surface area contributed by atoms with Gasteiger partial charge in [-0.15, -0.1) is 11.6 Å². The summed E-state index contributed by atoms with van der Waals surface area (Å²) in [6.07, 6.45) is 2.18. The minimum absolute atomic E-state index is 0.742. The van der Waals surface area contributed by atoms with E-state index in [-0.39, 0.29) is 0 Å². The van der Waals surface area contributed by atoms with E-state index >= 15 is 0 Å². The standard InChI is InChI=1S/C12H15ClN2/c1-10-14-11-6-2-3-7-12(11)15(10)9-5-4-8-13/h2-3,6-7H,4-5,8-9H2,1H3. The first-order valence-electron chi connectivity index (χ1n) is 5.31. The van der Waals surface area contributed by atoms with Crippen molar-refractivity contribution in [2.24, 2.45) is 0 Å². The second-order valence-electron chi connectivity index (χ2n) is 3.70. The molecular formula is C12H15ClN2. The van der Waals surface area contributed by atoms with Crippen LogP contribution in [0.15, 0.2) is 24.3 Å². The monoisotopic (exact) mass is 222 g/mol. The fraction of sp³-hybridized carbons (Fsp3) is 0.417. The van der Waals surface area contributed by atoms with Crippen LogP contribution in [-0.2, 0) is 6.54 Å². The number of benzene rings is 1. The van der Waals surface area contributed by atoms with E-state index in [1.165, 1.54) is 5.52 Å². The normalized spacial score (nSPS) is 11.1. The zero-order valence-corrected chi connectivity index (χ0v) is 9.67. The Kier molecular flexibility index (Phi) is 3.27. The van der Waals surface area contributed by atoms with Crippen LogP contribution in [-0.4, -0.2) is 15.4 Å². The number of hydrogen-bond donors (Lipinski definition) is 0. The number of unbranched alkanes of at least 4 members (excludes halogenated alkanes) is 1. The number of nitrogens with zero attached hydrogens (tertiary/aromatic N) is 2. The summed E-state index contributed by atoms with van der Waals surface area (Å²) in [6.45, 7) is 3.07. The van der Waals surface area contributed by atoms with Gasteiger partial charge in [0.1, 0.15) is 5.82 Å². The van der Waals surface area contributed by atoms with E-state index in [1.807, 2.05) is 6.07 Å². The number of imidazole rings is 1. The lowest BCUT2D eigenvalue weighted by Crippen LogP contribution is -2.00. The predicted molar refractivity (Wildman–Crippen MR) is 64.4 cm³/mol. The topological polar surface area (TPSA) is 17.8 Å². The van der Waals surface area contributed by atoms with Crippen LogP contribution in [0.3, 0.4) is 0 Å². The molecule has 0 amide bonds. The summed E-state index contributed by atoms with van der Waals surface area (Å²) in [4.78, 5) is 4.52. The SMILES string of the molecule is Cc1nc2ccccc2n1CCCCCl. The Morgan fingerprint density at radius 2 is 2.07 bits per heavy atom. The zero-order valence-electron chi connectivity index (χ0n) is 8.91. The van der Waals surface area contributed by atoms with Crippen LogP contribution < -0.4 is 0 Å². The molecule has 2 rings (SSSR count). The van der Waals surface area contributed by atoms with Crippen molar-refractivity contribution in [3.63, 3.8) is 0 Å². The van der Waals surface area contributed by atoms with Crippen molar-refractivity contribution >= 4 is 22.6 Å². The molecule has 0 aliphatic rings. The maximum Gasteiger partial charge on any atom is 0.106 e. The maximum absolute atomic E-state index is 5.67. The van der Waals surface area contributed by atoms with Crippen molar-refractivity contribution in [2.75, 3.05) is 5.88 Å². The molecule has 0 aliphatic heterocycles. The van der Waals surface area contributed by atoms with Gasteiger partial charge in [-0.2, -0.15) is 0 Å². The molecule has 1 heterocycles. The first-order valence-corrected chi connectivity index (χ1v) is 5.84. The Morgan fingerprint density at radius 1 is 1.27 bits per heavy atom. The lowest BCUT2D eigenvalue weighted by Gasteiger charge is -2.05. The Hall–Kier alpha value is -1.02. The van der Waals surface area contributed by atoms with Gasteiger partial charge in [0.2, 0.25) is 0 Å². The van der Waals surface area contributed by atoms with E-state index in [0.717, 1.165) is 36.6 Å². The van der Waals surface area contributed by atoms with E-state index in [2.05, 4.69) is 34.7 Å². The summed E-state index contributed by atoms with van der Waals surface area (Å²) >= 11 is 5.67. The van der Waals surface area contributed by atoms with Crippen LogP contribution in [0.1, 0.15) is 18.7 Å². The average Bonchev–Trinajstić information content (AvgIpc) is 2.56. The number of rotatable bonds is 4. The van der Waals surface area contributed by atoms with Crippen molar-refractivity contribution in [1.82, 2.24) is 9.55 Å². The third-order valence-electron chi connectivity index (χ3n) is 2.61. The summed E-state index contributed by atoms with van der Waals surface area (Å²) in [7, 11) is 0. The molecule has 1 aromatic carbocycles. The molecule has 2 aromatic rings. The molecule has 0 saturated heterocycles. The Balaban J connectivity index is 2.28. The largest absolute Gasteiger partial charge is 0.328 e. The number of halogens is 1. The van der Waals surface area contributed by atoms with Crippen LogP contribution in [0.2, 0.25) is 0 Å². The van der Waals surface area contributed by atoms with Gasteiger partial charge in [0.15, 0.2) is 0 Å². The van der Waals surface area contributed by atoms with Gasteiger partial charge in [-0.1, -0.05) is 12.1 Å². The number of hydrogen-bond acceptors (Lipinski definition) is 1. The van der Waals surface area contributed by atoms with Gasteiger partial charge in [0.25, 0.3) is 0 Å². The third-order valence-corrected chi connectivity index (χ3v) is 2.88. The van der Waals surface area contributed by atoms with Gasteiger partial charge < -0.3 is 4.57 Å². The molecule has 15 heavy (non-hydrogen) atoms. The minimum atomic E-state index is 0.742. The van der Waals surface area contributed by atoms with Crippen molar-refractivity contribution < 1.29 is 0 Å². The molecule has 1 aromatic heterocycles. The molecule has 0 N–H and O–H groups in total. The number of para-hydroxylation sites is 2. The smallest absolute Gasteiger partial charge is 0.106 e. The lowest BCUT2D eigenvalue weighted by molar-refractivity contribution is 0.632. The average molecular weight is 223 g/mol. The highest BCUT2D eigenvalue weighted by Gasteiger charge is 2.05. The number of aryl methyl sites for hydroxylation is 2. The second kappa shape index (κ2) is 4.67. The summed E-state index contributed by atoms with van der Waals surface area (Å²) in [6, 6.07) is 8.26.